The summed E-state index contributed by atoms with van der Waals surface area (Å²) in [5.74, 6) is 0. The van der Waals surface area contributed by atoms with Crippen LogP contribution < -0.4 is 5.73 Å². The average Bonchev–Trinajstić information content (AvgIpc) is 2.44. The highest BCUT2D eigenvalue weighted by molar-refractivity contribution is 5.50. The number of nitrogens with zero attached hydrogens (tertiary/aromatic N) is 2. The lowest BCUT2D eigenvalue weighted by atomic mass is 10.2. The summed E-state index contributed by atoms with van der Waals surface area (Å²) >= 11 is 0. The number of nitrogens with two attached hydrogens (primary N) is 1. The molecule has 15 heavy (non-hydrogen) atoms. The number of hydrogen-bond donors (Lipinski definition) is 1. The van der Waals surface area contributed by atoms with E-state index in [1.807, 2.05) is 18.3 Å². The van der Waals surface area contributed by atoms with Gasteiger partial charge in [0.2, 0.25) is 0 Å². The van der Waals surface area contributed by atoms with E-state index in [9.17, 15) is 0 Å². The van der Waals surface area contributed by atoms with Crippen molar-refractivity contribution in [2.24, 2.45) is 0 Å². The normalized spacial score (nSPS) is 16.3. The van der Waals surface area contributed by atoms with Crippen molar-refractivity contribution < 1.29 is 0 Å². The standard InChI is InChI=1S/C12H15N3/c13-9-6-7-12-14-10-4-2-1-3-5-11(10)15(12)8-9/h6-8H,1-5,13H2. The van der Waals surface area contributed by atoms with E-state index in [1.165, 1.54) is 30.7 Å². The van der Waals surface area contributed by atoms with Crippen molar-refractivity contribution in [2.45, 2.75) is 32.1 Å². The highest BCUT2D eigenvalue weighted by Crippen LogP contribution is 2.22. The Morgan fingerprint density at radius 3 is 2.93 bits per heavy atom. The fraction of sp³-hybridized carbons (Fsp3) is 0.417. The van der Waals surface area contributed by atoms with E-state index >= 15 is 0 Å². The van der Waals surface area contributed by atoms with Crippen LogP contribution in [0.3, 0.4) is 0 Å². The molecule has 2 N–H and O–H groups in total. The Kier molecular flexibility index (Phi) is 1.91. The molecule has 0 radical (unpaired) electrons. The summed E-state index contributed by atoms with van der Waals surface area (Å²) in [7, 11) is 0. The SMILES string of the molecule is Nc1ccc2nc3c(n2c1)CCCCC3. The van der Waals surface area contributed by atoms with Crippen molar-refractivity contribution in [3.05, 3.63) is 29.7 Å². The summed E-state index contributed by atoms with van der Waals surface area (Å²) < 4.78 is 2.16. The largest absolute Gasteiger partial charge is 0.398 e. The third-order valence-corrected chi connectivity index (χ3v) is 3.15. The summed E-state index contributed by atoms with van der Waals surface area (Å²) in [5, 5.41) is 0. The maximum atomic E-state index is 5.81. The van der Waals surface area contributed by atoms with E-state index in [4.69, 9.17) is 5.73 Å². The number of imidazole rings is 1. The second-order valence-corrected chi connectivity index (χ2v) is 4.26. The first kappa shape index (κ1) is 8.77. The predicted octanol–water partition coefficient (Wildman–Crippen LogP) is 2.19. The number of hydrogen-bond acceptors (Lipinski definition) is 2. The maximum Gasteiger partial charge on any atom is 0.137 e. The fourth-order valence-electron chi connectivity index (χ4n) is 2.39. The molecule has 0 saturated heterocycles. The average molecular weight is 201 g/mol. The van der Waals surface area contributed by atoms with Gasteiger partial charge in [-0.25, -0.2) is 4.98 Å². The molecule has 0 aromatic carbocycles. The molecule has 3 heteroatoms. The minimum atomic E-state index is 0.812. The second kappa shape index (κ2) is 3.26. The van der Waals surface area contributed by atoms with Crippen molar-refractivity contribution in [3.63, 3.8) is 0 Å². The summed E-state index contributed by atoms with van der Waals surface area (Å²) in [6.07, 6.45) is 8.12. The summed E-state index contributed by atoms with van der Waals surface area (Å²) in [6, 6.07) is 3.92. The molecular formula is C12H15N3. The van der Waals surface area contributed by atoms with Crippen molar-refractivity contribution in [1.29, 1.82) is 0 Å². The Labute approximate surface area is 88.9 Å². The number of fused-ring (bicyclic) bond motifs is 3. The van der Waals surface area contributed by atoms with Crippen LogP contribution in [0.4, 0.5) is 5.69 Å². The molecule has 1 aliphatic rings. The van der Waals surface area contributed by atoms with Gasteiger partial charge in [0.05, 0.1) is 5.69 Å². The zero-order chi connectivity index (χ0) is 10.3. The van der Waals surface area contributed by atoms with E-state index in [-0.39, 0.29) is 0 Å². The highest BCUT2D eigenvalue weighted by Gasteiger charge is 2.14. The monoisotopic (exact) mass is 201 g/mol. The molecule has 0 amide bonds. The first-order chi connectivity index (χ1) is 7.34. The van der Waals surface area contributed by atoms with E-state index in [0.717, 1.165) is 24.2 Å². The molecule has 2 aromatic rings. The topological polar surface area (TPSA) is 43.3 Å². The van der Waals surface area contributed by atoms with Gasteiger partial charge in [-0.15, -0.1) is 0 Å². The first-order valence-corrected chi connectivity index (χ1v) is 5.60. The first-order valence-electron chi connectivity index (χ1n) is 5.60. The Hall–Kier alpha value is -1.51. The van der Waals surface area contributed by atoms with Gasteiger partial charge in [0, 0.05) is 17.6 Å². The smallest absolute Gasteiger partial charge is 0.137 e. The van der Waals surface area contributed by atoms with Crippen LogP contribution in [0.25, 0.3) is 5.65 Å². The van der Waals surface area contributed by atoms with E-state index in [2.05, 4.69) is 9.38 Å². The van der Waals surface area contributed by atoms with E-state index in [1.54, 1.807) is 0 Å². The third kappa shape index (κ3) is 1.39. The Morgan fingerprint density at radius 2 is 2.00 bits per heavy atom. The molecular weight excluding hydrogens is 186 g/mol. The van der Waals surface area contributed by atoms with Gasteiger partial charge in [-0.3, -0.25) is 0 Å². The maximum absolute atomic E-state index is 5.81. The molecule has 2 heterocycles. The highest BCUT2D eigenvalue weighted by atomic mass is 15.0. The number of nitrogen functional groups attached to an aromatic ring is 1. The number of rotatable bonds is 0. The number of anilines is 1. The second-order valence-electron chi connectivity index (χ2n) is 4.26. The van der Waals surface area contributed by atoms with Crippen LogP contribution in [0.1, 0.15) is 30.7 Å². The summed E-state index contributed by atoms with van der Waals surface area (Å²) in [6.45, 7) is 0. The molecule has 0 saturated carbocycles. The molecule has 2 aromatic heterocycles. The van der Waals surface area contributed by atoms with Gasteiger partial charge in [-0.1, -0.05) is 6.42 Å². The van der Waals surface area contributed by atoms with Crippen LogP contribution in [-0.4, -0.2) is 9.38 Å². The lowest BCUT2D eigenvalue weighted by molar-refractivity contribution is 0.702. The van der Waals surface area contributed by atoms with E-state index in [0.29, 0.717) is 0 Å². The van der Waals surface area contributed by atoms with Crippen LogP contribution >= 0.6 is 0 Å². The summed E-state index contributed by atoms with van der Waals surface area (Å²) in [4.78, 5) is 4.66. The Morgan fingerprint density at radius 1 is 1.13 bits per heavy atom. The van der Waals surface area contributed by atoms with Gasteiger partial charge in [-0.2, -0.15) is 0 Å². The molecule has 0 unspecified atom stereocenters. The Balaban J connectivity index is 2.24. The van der Waals surface area contributed by atoms with Crippen LogP contribution in [0.15, 0.2) is 18.3 Å². The van der Waals surface area contributed by atoms with E-state index < -0.39 is 0 Å². The Bertz CT molecular complexity index is 499. The van der Waals surface area contributed by atoms with Crippen molar-refractivity contribution in [3.8, 4) is 0 Å². The van der Waals surface area contributed by atoms with Gasteiger partial charge in [0.25, 0.3) is 0 Å². The molecule has 3 rings (SSSR count). The van der Waals surface area contributed by atoms with Crippen molar-refractivity contribution in [1.82, 2.24) is 9.38 Å². The predicted molar refractivity (Wildman–Crippen MR) is 60.9 cm³/mol. The molecule has 0 atom stereocenters. The minimum absolute atomic E-state index is 0.812. The minimum Gasteiger partial charge on any atom is -0.398 e. The van der Waals surface area contributed by atoms with Crippen LogP contribution in [0, 0.1) is 0 Å². The molecule has 0 aliphatic heterocycles. The third-order valence-electron chi connectivity index (χ3n) is 3.15. The molecule has 78 valence electrons. The van der Waals surface area contributed by atoms with Crippen molar-refractivity contribution in [2.75, 3.05) is 5.73 Å². The number of pyridine rings is 1. The van der Waals surface area contributed by atoms with Crippen LogP contribution in [0.5, 0.6) is 0 Å². The zero-order valence-corrected chi connectivity index (χ0v) is 8.74. The molecule has 0 spiro atoms. The lowest BCUT2D eigenvalue weighted by Gasteiger charge is -2.01. The summed E-state index contributed by atoms with van der Waals surface area (Å²) in [5.41, 5.74) is 10.3. The van der Waals surface area contributed by atoms with Crippen LogP contribution in [-0.2, 0) is 12.8 Å². The van der Waals surface area contributed by atoms with Crippen molar-refractivity contribution >= 4 is 11.3 Å². The lowest BCUT2D eigenvalue weighted by Crippen LogP contribution is -1.96. The fourth-order valence-corrected chi connectivity index (χ4v) is 2.39. The zero-order valence-electron chi connectivity index (χ0n) is 8.74. The molecule has 0 bridgehead atoms. The molecule has 1 aliphatic carbocycles. The van der Waals surface area contributed by atoms with Gasteiger partial charge < -0.3 is 10.1 Å². The van der Waals surface area contributed by atoms with Gasteiger partial charge in [0.15, 0.2) is 0 Å². The number of aryl methyl sites for hydroxylation is 2. The van der Waals surface area contributed by atoms with Gasteiger partial charge in [-0.05, 0) is 37.8 Å². The number of aromatic nitrogens is 2. The van der Waals surface area contributed by atoms with Gasteiger partial charge in [0.1, 0.15) is 5.65 Å². The van der Waals surface area contributed by atoms with Gasteiger partial charge >= 0.3 is 0 Å². The van der Waals surface area contributed by atoms with Crippen LogP contribution in [0.2, 0.25) is 0 Å². The molecule has 0 fully saturated rings. The molecule has 3 nitrogen and oxygen atoms in total. The quantitative estimate of drug-likeness (QED) is 0.664.